The molecule has 0 N–H and O–H groups in total. The van der Waals surface area contributed by atoms with Crippen LogP contribution in [0.25, 0.3) is 0 Å². The lowest BCUT2D eigenvalue weighted by molar-refractivity contribution is 0.0568. The Morgan fingerprint density at radius 3 is 2.81 bits per heavy atom. The summed E-state index contributed by atoms with van der Waals surface area (Å²) in [5.41, 5.74) is 0.580. The Kier molecular flexibility index (Phi) is 3.75. The molecule has 110 valence electrons. The summed E-state index contributed by atoms with van der Waals surface area (Å²) in [7, 11) is 0. The third-order valence-corrected chi connectivity index (χ3v) is 3.88. The molecule has 0 unspecified atom stereocenters. The van der Waals surface area contributed by atoms with E-state index in [4.69, 9.17) is 4.52 Å². The molecule has 21 heavy (non-hydrogen) atoms. The monoisotopic (exact) mass is 350 g/mol. The lowest BCUT2D eigenvalue weighted by Crippen LogP contribution is -2.48. The van der Waals surface area contributed by atoms with Gasteiger partial charge in [0.15, 0.2) is 5.82 Å². The van der Waals surface area contributed by atoms with Gasteiger partial charge >= 0.3 is 0 Å². The van der Waals surface area contributed by atoms with Crippen LogP contribution in [0, 0.1) is 0 Å². The number of carbonyl (C=O) groups excluding carboxylic acids is 1. The minimum atomic E-state index is -0.0244. The predicted molar refractivity (Wildman–Crippen MR) is 79.0 cm³/mol. The number of carbonyl (C=O) groups is 1. The van der Waals surface area contributed by atoms with E-state index in [1.165, 1.54) is 0 Å². The topological polar surface area (TPSA) is 72.1 Å². The Balaban J connectivity index is 1.63. The summed E-state index contributed by atoms with van der Waals surface area (Å²) >= 11 is 3.32. The molecule has 0 atom stereocenters. The zero-order valence-electron chi connectivity index (χ0n) is 11.8. The van der Waals surface area contributed by atoms with E-state index in [0.29, 0.717) is 30.4 Å². The maximum atomic E-state index is 12.3. The van der Waals surface area contributed by atoms with Gasteiger partial charge in [-0.05, 0) is 22.0 Å². The molecule has 7 heteroatoms. The number of likely N-dealkylation sites (tertiary alicyclic amines) is 1. The number of hydrogen-bond acceptors (Lipinski definition) is 5. The SMILES string of the molecule is CC(C)c1noc(C2CN(C(=O)c3cncc(Br)c3)C2)n1. The van der Waals surface area contributed by atoms with E-state index >= 15 is 0 Å². The van der Waals surface area contributed by atoms with Crippen molar-refractivity contribution >= 4 is 21.8 Å². The van der Waals surface area contributed by atoms with Crippen molar-refractivity contribution < 1.29 is 9.32 Å². The molecule has 3 heterocycles. The zero-order chi connectivity index (χ0) is 15.0. The van der Waals surface area contributed by atoms with Gasteiger partial charge in [-0.1, -0.05) is 19.0 Å². The standard InChI is InChI=1S/C14H15BrN4O2/c1-8(2)12-17-13(21-18-12)10-6-19(7-10)14(20)9-3-11(15)5-16-4-9/h3-5,8,10H,6-7H2,1-2H3. The van der Waals surface area contributed by atoms with Crippen molar-refractivity contribution in [2.75, 3.05) is 13.1 Å². The molecule has 1 aliphatic heterocycles. The van der Waals surface area contributed by atoms with E-state index in [9.17, 15) is 4.79 Å². The number of halogens is 1. The maximum absolute atomic E-state index is 12.3. The molecule has 1 saturated heterocycles. The van der Waals surface area contributed by atoms with Crippen LogP contribution in [0.4, 0.5) is 0 Å². The molecule has 0 bridgehead atoms. The third-order valence-electron chi connectivity index (χ3n) is 3.44. The van der Waals surface area contributed by atoms with Gasteiger partial charge < -0.3 is 9.42 Å². The van der Waals surface area contributed by atoms with E-state index < -0.39 is 0 Å². The minimum Gasteiger partial charge on any atom is -0.339 e. The van der Waals surface area contributed by atoms with Crippen molar-refractivity contribution in [2.24, 2.45) is 0 Å². The summed E-state index contributed by atoms with van der Waals surface area (Å²) < 4.78 is 6.06. The van der Waals surface area contributed by atoms with E-state index in [1.54, 1.807) is 23.4 Å². The van der Waals surface area contributed by atoms with E-state index in [-0.39, 0.29) is 17.7 Å². The highest BCUT2D eigenvalue weighted by Gasteiger charge is 2.36. The van der Waals surface area contributed by atoms with E-state index in [2.05, 4.69) is 31.1 Å². The van der Waals surface area contributed by atoms with Gasteiger partial charge in [-0.2, -0.15) is 4.98 Å². The predicted octanol–water partition coefficient (Wildman–Crippen LogP) is 2.59. The highest BCUT2D eigenvalue weighted by Crippen LogP contribution is 2.28. The number of rotatable bonds is 3. The summed E-state index contributed by atoms with van der Waals surface area (Å²) in [6.07, 6.45) is 3.23. The van der Waals surface area contributed by atoms with Crippen LogP contribution in [-0.4, -0.2) is 39.0 Å². The molecule has 0 aromatic carbocycles. The molecule has 1 aliphatic rings. The summed E-state index contributed by atoms with van der Waals surface area (Å²) in [4.78, 5) is 22.4. The van der Waals surface area contributed by atoms with Crippen molar-refractivity contribution in [1.82, 2.24) is 20.0 Å². The minimum absolute atomic E-state index is 0.0244. The molecular weight excluding hydrogens is 336 g/mol. The third kappa shape index (κ3) is 2.83. The van der Waals surface area contributed by atoms with Crippen LogP contribution < -0.4 is 0 Å². The van der Waals surface area contributed by atoms with Gasteiger partial charge in [-0.3, -0.25) is 9.78 Å². The van der Waals surface area contributed by atoms with Crippen LogP contribution in [0.1, 0.15) is 47.8 Å². The summed E-state index contributed by atoms with van der Waals surface area (Å²) in [5.74, 6) is 1.69. The molecule has 6 nitrogen and oxygen atoms in total. The fraction of sp³-hybridized carbons (Fsp3) is 0.429. The van der Waals surface area contributed by atoms with Crippen LogP contribution in [0.3, 0.4) is 0 Å². The average molecular weight is 351 g/mol. The molecular formula is C14H15BrN4O2. The first kappa shape index (κ1) is 14.2. The van der Waals surface area contributed by atoms with Crippen molar-refractivity contribution in [3.8, 4) is 0 Å². The second-order valence-electron chi connectivity index (χ2n) is 5.44. The van der Waals surface area contributed by atoms with Crippen LogP contribution in [0.5, 0.6) is 0 Å². The zero-order valence-corrected chi connectivity index (χ0v) is 13.4. The number of pyridine rings is 1. The normalized spacial score (nSPS) is 15.3. The van der Waals surface area contributed by atoms with Gasteiger partial charge in [0.1, 0.15) is 0 Å². The van der Waals surface area contributed by atoms with Crippen molar-refractivity contribution in [3.63, 3.8) is 0 Å². The highest BCUT2D eigenvalue weighted by molar-refractivity contribution is 9.10. The fourth-order valence-electron chi connectivity index (χ4n) is 2.16. The second-order valence-corrected chi connectivity index (χ2v) is 6.36. The molecule has 1 amide bonds. The van der Waals surface area contributed by atoms with Gasteiger partial charge in [0.25, 0.3) is 5.91 Å². The Morgan fingerprint density at radius 1 is 1.43 bits per heavy atom. The van der Waals surface area contributed by atoms with Gasteiger partial charge in [0.2, 0.25) is 5.89 Å². The molecule has 2 aromatic rings. The van der Waals surface area contributed by atoms with Gasteiger partial charge in [0.05, 0.1) is 11.5 Å². The van der Waals surface area contributed by atoms with Crippen molar-refractivity contribution in [2.45, 2.75) is 25.7 Å². The van der Waals surface area contributed by atoms with Crippen LogP contribution in [-0.2, 0) is 0 Å². The van der Waals surface area contributed by atoms with E-state index in [1.807, 2.05) is 13.8 Å². The first-order valence-corrected chi connectivity index (χ1v) is 7.57. The van der Waals surface area contributed by atoms with Gasteiger partial charge in [-0.25, -0.2) is 0 Å². The Labute approximate surface area is 130 Å². The molecule has 3 rings (SSSR count). The quantitative estimate of drug-likeness (QED) is 0.850. The highest BCUT2D eigenvalue weighted by atomic mass is 79.9. The number of amides is 1. The molecule has 0 aliphatic carbocycles. The molecule has 2 aromatic heterocycles. The summed E-state index contributed by atoms with van der Waals surface area (Å²) in [5, 5.41) is 3.95. The number of aromatic nitrogens is 3. The first-order valence-electron chi connectivity index (χ1n) is 6.78. The number of hydrogen-bond donors (Lipinski definition) is 0. The number of nitrogens with zero attached hydrogens (tertiary/aromatic N) is 4. The van der Waals surface area contributed by atoms with Gasteiger partial charge in [-0.15, -0.1) is 0 Å². The second kappa shape index (κ2) is 5.55. The molecule has 0 radical (unpaired) electrons. The fourth-order valence-corrected chi connectivity index (χ4v) is 2.52. The lowest BCUT2D eigenvalue weighted by Gasteiger charge is -2.37. The van der Waals surface area contributed by atoms with Gasteiger partial charge in [0, 0.05) is 35.9 Å². The molecule has 0 spiro atoms. The summed E-state index contributed by atoms with van der Waals surface area (Å²) in [6.45, 7) is 5.24. The Hall–Kier alpha value is -1.76. The maximum Gasteiger partial charge on any atom is 0.255 e. The lowest BCUT2D eigenvalue weighted by atomic mass is 9.99. The average Bonchev–Trinajstić information content (AvgIpc) is 2.86. The van der Waals surface area contributed by atoms with Crippen LogP contribution >= 0.6 is 15.9 Å². The molecule has 1 fully saturated rings. The largest absolute Gasteiger partial charge is 0.339 e. The first-order chi connectivity index (χ1) is 10.0. The van der Waals surface area contributed by atoms with Crippen LogP contribution in [0.15, 0.2) is 27.5 Å². The van der Waals surface area contributed by atoms with Crippen molar-refractivity contribution in [1.29, 1.82) is 0 Å². The Bertz CT molecular complexity index is 664. The van der Waals surface area contributed by atoms with Crippen molar-refractivity contribution in [3.05, 3.63) is 40.2 Å². The smallest absolute Gasteiger partial charge is 0.255 e. The summed E-state index contributed by atoms with van der Waals surface area (Å²) in [6, 6.07) is 1.77. The van der Waals surface area contributed by atoms with Crippen LogP contribution in [0.2, 0.25) is 0 Å². The van der Waals surface area contributed by atoms with E-state index in [0.717, 1.165) is 4.47 Å². The molecule has 0 saturated carbocycles. The Morgan fingerprint density at radius 2 is 2.19 bits per heavy atom.